The average molecular weight is 347 g/mol. The van der Waals surface area contributed by atoms with Crippen molar-refractivity contribution >= 4 is 5.82 Å². The van der Waals surface area contributed by atoms with E-state index in [1.807, 2.05) is 0 Å². The molecule has 2 aromatic carbocycles. The molecule has 1 aromatic heterocycles. The summed E-state index contributed by atoms with van der Waals surface area (Å²) in [7, 11) is 0. The van der Waals surface area contributed by atoms with E-state index in [0.29, 0.717) is 11.4 Å². The van der Waals surface area contributed by atoms with Crippen LogP contribution in [0.25, 0.3) is 16.9 Å². The molecule has 0 bridgehead atoms. The van der Waals surface area contributed by atoms with Crippen molar-refractivity contribution in [1.29, 1.82) is 0 Å². The van der Waals surface area contributed by atoms with Gasteiger partial charge >= 0.3 is 6.18 Å². The third-order valence-electron chi connectivity index (χ3n) is 4.21. The lowest BCUT2D eigenvalue weighted by atomic mass is 10.1. The zero-order valence-electron chi connectivity index (χ0n) is 12.9. The lowest BCUT2D eigenvalue weighted by molar-refractivity contribution is -0.137. The standard InChI is InChI=1S/C18H13F4N3/c19-13-5-1-11(2-6-13)16-15-9-10-23-17(15)25(24-16)14-7-3-12(4-8-14)18(20,21)22/h1-8,23H,9-10H2. The third-order valence-corrected chi connectivity index (χ3v) is 4.21. The summed E-state index contributed by atoms with van der Waals surface area (Å²) >= 11 is 0. The maximum atomic E-state index is 13.2. The highest BCUT2D eigenvalue weighted by Gasteiger charge is 2.30. The van der Waals surface area contributed by atoms with E-state index < -0.39 is 11.7 Å². The quantitative estimate of drug-likeness (QED) is 0.683. The van der Waals surface area contributed by atoms with Crippen LogP contribution in [0.1, 0.15) is 11.1 Å². The van der Waals surface area contributed by atoms with Crippen LogP contribution in [-0.4, -0.2) is 16.3 Å². The lowest BCUT2D eigenvalue weighted by Crippen LogP contribution is -2.07. The molecular weight excluding hydrogens is 334 g/mol. The second-order valence-corrected chi connectivity index (χ2v) is 5.82. The van der Waals surface area contributed by atoms with Crippen molar-refractivity contribution < 1.29 is 17.6 Å². The van der Waals surface area contributed by atoms with Gasteiger partial charge in [-0.1, -0.05) is 0 Å². The van der Waals surface area contributed by atoms with Gasteiger partial charge in [-0.25, -0.2) is 9.07 Å². The molecule has 0 unspecified atom stereocenters. The molecular formula is C18H13F4N3. The van der Waals surface area contributed by atoms with Crippen LogP contribution in [0.3, 0.4) is 0 Å². The fourth-order valence-corrected chi connectivity index (χ4v) is 2.99. The topological polar surface area (TPSA) is 29.9 Å². The van der Waals surface area contributed by atoms with Crippen LogP contribution in [0.4, 0.5) is 23.4 Å². The van der Waals surface area contributed by atoms with Crippen LogP contribution >= 0.6 is 0 Å². The number of rotatable bonds is 2. The predicted octanol–water partition coefficient (Wildman–Crippen LogP) is 4.67. The molecule has 3 nitrogen and oxygen atoms in total. The zero-order chi connectivity index (χ0) is 17.6. The fraction of sp³-hybridized carbons (Fsp3) is 0.167. The smallest absolute Gasteiger partial charge is 0.369 e. The molecule has 128 valence electrons. The average Bonchev–Trinajstić information content (AvgIpc) is 3.17. The first-order chi connectivity index (χ1) is 11.9. The monoisotopic (exact) mass is 347 g/mol. The van der Waals surface area contributed by atoms with Crippen molar-refractivity contribution in [3.05, 3.63) is 65.5 Å². The van der Waals surface area contributed by atoms with Crippen LogP contribution in [-0.2, 0) is 12.6 Å². The van der Waals surface area contributed by atoms with Crippen molar-refractivity contribution in [3.63, 3.8) is 0 Å². The Hall–Kier alpha value is -2.83. The van der Waals surface area contributed by atoms with Crippen molar-refractivity contribution in [2.75, 3.05) is 11.9 Å². The van der Waals surface area contributed by atoms with Gasteiger partial charge in [-0.05, 0) is 55.0 Å². The van der Waals surface area contributed by atoms with Gasteiger partial charge in [-0.2, -0.15) is 18.3 Å². The molecule has 4 rings (SSSR count). The molecule has 25 heavy (non-hydrogen) atoms. The molecule has 1 N–H and O–H groups in total. The van der Waals surface area contributed by atoms with E-state index in [4.69, 9.17) is 0 Å². The molecule has 0 saturated heterocycles. The van der Waals surface area contributed by atoms with Gasteiger partial charge in [-0.3, -0.25) is 0 Å². The number of hydrogen-bond acceptors (Lipinski definition) is 2. The van der Waals surface area contributed by atoms with Gasteiger partial charge < -0.3 is 5.32 Å². The molecule has 7 heteroatoms. The Morgan fingerprint density at radius 2 is 1.64 bits per heavy atom. The number of nitrogens with zero attached hydrogens (tertiary/aromatic N) is 2. The minimum atomic E-state index is -4.37. The Balaban J connectivity index is 1.79. The summed E-state index contributed by atoms with van der Waals surface area (Å²) in [5.41, 5.74) is 2.29. The first-order valence-electron chi connectivity index (χ1n) is 7.73. The minimum absolute atomic E-state index is 0.333. The highest BCUT2D eigenvalue weighted by molar-refractivity contribution is 5.72. The van der Waals surface area contributed by atoms with Crippen LogP contribution in [0.15, 0.2) is 48.5 Å². The Bertz CT molecular complexity index is 909. The van der Waals surface area contributed by atoms with Crippen molar-refractivity contribution in [2.45, 2.75) is 12.6 Å². The predicted molar refractivity (Wildman–Crippen MR) is 86.2 cm³/mol. The highest BCUT2D eigenvalue weighted by atomic mass is 19.4. The van der Waals surface area contributed by atoms with E-state index in [9.17, 15) is 17.6 Å². The van der Waals surface area contributed by atoms with Gasteiger partial charge in [0.05, 0.1) is 16.9 Å². The van der Waals surface area contributed by atoms with E-state index in [0.717, 1.165) is 42.0 Å². The third kappa shape index (κ3) is 2.75. The fourth-order valence-electron chi connectivity index (χ4n) is 2.99. The van der Waals surface area contributed by atoms with Gasteiger partial charge in [0.25, 0.3) is 0 Å². The summed E-state index contributed by atoms with van der Waals surface area (Å²) < 4.78 is 53.0. The molecule has 0 fully saturated rings. The SMILES string of the molecule is Fc1ccc(-c2nn(-c3ccc(C(F)(F)F)cc3)c3c2CCN3)cc1. The van der Waals surface area contributed by atoms with Crippen LogP contribution in [0, 0.1) is 5.82 Å². The van der Waals surface area contributed by atoms with E-state index in [1.165, 1.54) is 24.3 Å². The maximum Gasteiger partial charge on any atom is 0.416 e. The van der Waals surface area contributed by atoms with Crippen molar-refractivity contribution in [3.8, 4) is 16.9 Å². The van der Waals surface area contributed by atoms with E-state index in [-0.39, 0.29) is 5.82 Å². The van der Waals surface area contributed by atoms with Crippen LogP contribution in [0.2, 0.25) is 0 Å². The van der Waals surface area contributed by atoms with Gasteiger partial charge in [0.1, 0.15) is 11.6 Å². The van der Waals surface area contributed by atoms with E-state index in [2.05, 4.69) is 10.4 Å². The minimum Gasteiger partial charge on any atom is -0.369 e. The highest BCUT2D eigenvalue weighted by Crippen LogP contribution is 2.35. The van der Waals surface area contributed by atoms with Crippen molar-refractivity contribution in [1.82, 2.24) is 9.78 Å². The first-order valence-corrected chi connectivity index (χ1v) is 7.73. The largest absolute Gasteiger partial charge is 0.416 e. The second-order valence-electron chi connectivity index (χ2n) is 5.82. The molecule has 0 radical (unpaired) electrons. The first kappa shape index (κ1) is 15.7. The number of anilines is 1. The Kier molecular flexibility index (Phi) is 3.52. The summed E-state index contributed by atoms with van der Waals surface area (Å²) in [4.78, 5) is 0. The molecule has 1 aliphatic heterocycles. The molecule has 0 amide bonds. The Labute approximate surface area is 140 Å². The normalized spacial score (nSPS) is 13.6. The number of halogens is 4. The summed E-state index contributed by atoms with van der Waals surface area (Å²) in [6.07, 6.45) is -3.62. The molecule has 3 aromatic rings. The Morgan fingerprint density at radius 1 is 0.960 bits per heavy atom. The molecule has 0 atom stereocenters. The van der Waals surface area contributed by atoms with Gasteiger partial charge in [-0.15, -0.1) is 0 Å². The summed E-state index contributed by atoms with van der Waals surface area (Å²) in [5.74, 6) is 0.430. The number of alkyl halides is 3. The van der Waals surface area contributed by atoms with E-state index >= 15 is 0 Å². The van der Waals surface area contributed by atoms with Gasteiger partial charge in [0.15, 0.2) is 0 Å². The van der Waals surface area contributed by atoms with Crippen LogP contribution < -0.4 is 5.32 Å². The van der Waals surface area contributed by atoms with Gasteiger partial charge in [0.2, 0.25) is 0 Å². The second kappa shape index (κ2) is 5.61. The number of nitrogens with one attached hydrogen (secondary N) is 1. The van der Waals surface area contributed by atoms with Crippen molar-refractivity contribution in [2.24, 2.45) is 0 Å². The number of fused-ring (bicyclic) bond motifs is 1. The summed E-state index contributed by atoms with van der Waals surface area (Å²) in [6.45, 7) is 0.724. The van der Waals surface area contributed by atoms with Crippen LogP contribution in [0.5, 0.6) is 0 Å². The summed E-state index contributed by atoms with van der Waals surface area (Å²) in [6, 6.07) is 10.9. The lowest BCUT2D eigenvalue weighted by Gasteiger charge is -2.09. The number of hydrogen-bond donors (Lipinski definition) is 1. The van der Waals surface area contributed by atoms with E-state index in [1.54, 1.807) is 16.8 Å². The summed E-state index contributed by atoms with van der Waals surface area (Å²) in [5, 5.41) is 7.76. The number of aromatic nitrogens is 2. The molecule has 0 aliphatic carbocycles. The molecule has 0 saturated carbocycles. The molecule has 2 heterocycles. The number of benzene rings is 2. The Morgan fingerprint density at radius 3 is 2.28 bits per heavy atom. The maximum absolute atomic E-state index is 13.2. The zero-order valence-corrected chi connectivity index (χ0v) is 12.9. The molecule has 0 spiro atoms. The molecule has 1 aliphatic rings. The van der Waals surface area contributed by atoms with Gasteiger partial charge in [0, 0.05) is 17.7 Å².